The Labute approximate surface area is 86.1 Å². The summed E-state index contributed by atoms with van der Waals surface area (Å²) in [5.74, 6) is 0. The van der Waals surface area contributed by atoms with E-state index in [-0.39, 0.29) is 0 Å². The van der Waals surface area contributed by atoms with E-state index >= 15 is 0 Å². The Morgan fingerprint density at radius 3 is 3.07 bits per heavy atom. The van der Waals surface area contributed by atoms with E-state index in [1.165, 1.54) is 12.8 Å². The molecule has 0 bridgehead atoms. The van der Waals surface area contributed by atoms with Crippen molar-refractivity contribution in [3.8, 4) is 0 Å². The molecule has 0 radical (unpaired) electrons. The Bertz CT molecular complexity index is 473. The molecule has 2 aromatic rings. The fraction of sp³-hybridized carbons (Fsp3) is 0.300. The molecule has 14 heavy (non-hydrogen) atoms. The smallest absolute Gasteiger partial charge is 0.166 e. The van der Waals surface area contributed by atoms with Gasteiger partial charge in [0.05, 0.1) is 11.0 Å². The number of nitrogens with two attached hydrogens (primary N) is 1. The number of fused-ring (bicyclic) bond motifs is 1. The highest BCUT2D eigenvalue weighted by Gasteiger charge is 2.23. The number of rotatable bonds is 2. The molecule has 1 heterocycles. The first-order valence-electron chi connectivity index (χ1n) is 4.73. The second-order valence-electron chi connectivity index (χ2n) is 3.64. The maximum Gasteiger partial charge on any atom is 0.166 e. The summed E-state index contributed by atoms with van der Waals surface area (Å²) in [7, 11) is 0. The van der Waals surface area contributed by atoms with Gasteiger partial charge in [-0.25, -0.2) is 4.98 Å². The number of hydrogen-bond donors (Lipinski definition) is 2. The van der Waals surface area contributed by atoms with Gasteiger partial charge in [-0.05, 0) is 31.0 Å². The molecule has 1 fully saturated rings. The van der Waals surface area contributed by atoms with Crippen LogP contribution in [0.2, 0.25) is 0 Å². The van der Waals surface area contributed by atoms with Gasteiger partial charge in [0, 0.05) is 10.9 Å². The van der Waals surface area contributed by atoms with Gasteiger partial charge in [-0.2, -0.15) is 0 Å². The first-order chi connectivity index (χ1) is 6.81. The molecule has 0 atom stereocenters. The standard InChI is InChI=1S/C10H11N3S/c11-6-1-4-8-9(5-6)13-10(12-8)14-7-2-3-7/h1,4-5,7H,2-3,11H2,(H,12,13). The van der Waals surface area contributed by atoms with Crippen LogP contribution < -0.4 is 5.73 Å². The van der Waals surface area contributed by atoms with Crippen molar-refractivity contribution in [1.29, 1.82) is 0 Å². The number of nitrogen functional groups attached to an aromatic ring is 1. The van der Waals surface area contributed by atoms with E-state index in [1.807, 2.05) is 30.0 Å². The van der Waals surface area contributed by atoms with Crippen LogP contribution in [-0.4, -0.2) is 15.2 Å². The summed E-state index contributed by atoms with van der Waals surface area (Å²) < 4.78 is 0. The molecular weight excluding hydrogens is 194 g/mol. The molecule has 72 valence electrons. The number of H-pyrrole nitrogens is 1. The molecule has 0 saturated heterocycles. The minimum Gasteiger partial charge on any atom is -0.399 e. The van der Waals surface area contributed by atoms with E-state index in [0.717, 1.165) is 27.1 Å². The Morgan fingerprint density at radius 1 is 1.43 bits per heavy atom. The third-order valence-electron chi connectivity index (χ3n) is 2.29. The highest BCUT2D eigenvalue weighted by Crippen LogP contribution is 2.38. The lowest BCUT2D eigenvalue weighted by Crippen LogP contribution is -1.82. The number of aromatic amines is 1. The molecule has 1 aliphatic rings. The van der Waals surface area contributed by atoms with Crippen LogP contribution in [-0.2, 0) is 0 Å². The number of anilines is 1. The van der Waals surface area contributed by atoms with Crippen molar-refractivity contribution in [2.24, 2.45) is 0 Å². The summed E-state index contributed by atoms with van der Waals surface area (Å²) in [6, 6.07) is 5.77. The van der Waals surface area contributed by atoms with Crippen LogP contribution in [0.3, 0.4) is 0 Å². The summed E-state index contributed by atoms with van der Waals surface area (Å²) in [6.45, 7) is 0. The Balaban J connectivity index is 2.01. The summed E-state index contributed by atoms with van der Waals surface area (Å²) >= 11 is 1.83. The van der Waals surface area contributed by atoms with E-state index in [0.29, 0.717) is 0 Å². The van der Waals surface area contributed by atoms with E-state index in [4.69, 9.17) is 5.73 Å². The van der Waals surface area contributed by atoms with Crippen LogP contribution in [0.15, 0.2) is 23.4 Å². The van der Waals surface area contributed by atoms with Crippen molar-refractivity contribution < 1.29 is 0 Å². The number of benzene rings is 1. The predicted octanol–water partition coefficient (Wildman–Crippen LogP) is 2.40. The van der Waals surface area contributed by atoms with Gasteiger partial charge in [0.2, 0.25) is 0 Å². The van der Waals surface area contributed by atoms with Crippen LogP contribution in [0, 0.1) is 0 Å². The van der Waals surface area contributed by atoms with E-state index in [9.17, 15) is 0 Å². The first kappa shape index (κ1) is 8.17. The van der Waals surface area contributed by atoms with Gasteiger partial charge in [0.1, 0.15) is 0 Å². The Hall–Kier alpha value is -1.16. The average molecular weight is 205 g/mol. The van der Waals surface area contributed by atoms with E-state index in [2.05, 4.69) is 9.97 Å². The maximum atomic E-state index is 5.69. The highest BCUT2D eigenvalue weighted by atomic mass is 32.2. The number of nitrogens with zero attached hydrogens (tertiary/aromatic N) is 1. The molecular formula is C10H11N3S. The molecule has 0 aliphatic heterocycles. The molecule has 3 rings (SSSR count). The number of aromatic nitrogens is 2. The lowest BCUT2D eigenvalue weighted by atomic mass is 10.3. The van der Waals surface area contributed by atoms with Crippen LogP contribution in [0.4, 0.5) is 5.69 Å². The van der Waals surface area contributed by atoms with Crippen molar-refractivity contribution in [2.45, 2.75) is 23.2 Å². The SMILES string of the molecule is Nc1ccc2nc(SC3CC3)[nH]c2c1. The molecule has 0 unspecified atom stereocenters. The van der Waals surface area contributed by atoms with E-state index in [1.54, 1.807) is 0 Å². The molecule has 3 nitrogen and oxygen atoms in total. The molecule has 0 amide bonds. The second-order valence-corrected chi connectivity index (χ2v) is 4.92. The molecule has 4 heteroatoms. The van der Waals surface area contributed by atoms with E-state index < -0.39 is 0 Å². The van der Waals surface area contributed by atoms with Gasteiger partial charge in [-0.15, -0.1) is 0 Å². The molecule has 1 saturated carbocycles. The van der Waals surface area contributed by atoms with Gasteiger partial charge in [0.15, 0.2) is 5.16 Å². The second kappa shape index (κ2) is 2.92. The minimum absolute atomic E-state index is 0.782. The van der Waals surface area contributed by atoms with Crippen molar-refractivity contribution in [1.82, 2.24) is 9.97 Å². The quantitative estimate of drug-likeness (QED) is 0.740. The molecule has 1 aromatic heterocycles. The van der Waals surface area contributed by atoms with Gasteiger partial charge < -0.3 is 10.7 Å². The van der Waals surface area contributed by atoms with Gasteiger partial charge >= 0.3 is 0 Å². The van der Waals surface area contributed by atoms with Crippen LogP contribution in [0.5, 0.6) is 0 Å². The molecule has 1 aromatic carbocycles. The molecule has 0 spiro atoms. The lowest BCUT2D eigenvalue weighted by molar-refractivity contribution is 1.08. The largest absolute Gasteiger partial charge is 0.399 e. The minimum atomic E-state index is 0.782. The predicted molar refractivity (Wildman–Crippen MR) is 59.4 cm³/mol. The highest BCUT2D eigenvalue weighted by molar-refractivity contribution is 8.00. The third kappa shape index (κ3) is 1.46. The summed E-state index contributed by atoms with van der Waals surface area (Å²) in [4.78, 5) is 7.77. The fourth-order valence-electron chi connectivity index (χ4n) is 1.40. The number of thioether (sulfide) groups is 1. The number of hydrogen-bond acceptors (Lipinski definition) is 3. The topological polar surface area (TPSA) is 54.7 Å². The normalized spacial score (nSPS) is 16.3. The van der Waals surface area contributed by atoms with Gasteiger partial charge in [-0.3, -0.25) is 0 Å². The van der Waals surface area contributed by atoms with Crippen LogP contribution in [0.1, 0.15) is 12.8 Å². The first-order valence-corrected chi connectivity index (χ1v) is 5.61. The molecule has 1 aliphatic carbocycles. The Kier molecular flexibility index (Phi) is 1.70. The monoisotopic (exact) mass is 205 g/mol. The molecule has 3 N–H and O–H groups in total. The maximum absolute atomic E-state index is 5.69. The fourth-order valence-corrected chi connectivity index (χ4v) is 2.41. The van der Waals surface area contributed by atoms with Crippen LogP contribution >= 0.6 is 11.8 Å². The summed E-state index contributed by atoms with van der Waals surface area (Å²) in [5, 5.41) is 1.81. The zero-order valence-corrected chi connectivity index (χ0v) is 8.47. The zero-order chi connectivity index (χ0) is 9.54. The van der Waals surface area contributed by atoms with Crippen molar-refractivity contribution >= 4 is 28.5 Å². The average Bonchev–Trinajstić information content (AvgIpc) is 2.84. The number of imidazole rings is 1. The number of nitrogens with one attached hydrogen (secondary N) is 1. The van der Waals surface area contributed by atoms with Gasteiger partial charge in [-0.1, -0.05) is 11.8 Å². The lowest BCUT2D eigenvalue weighted by Gasteiger charge is -1.90. The summed E-state index contributed by atoms with van der Waals surface area (Å²) in [5.41, 5.74) is 8.51. The van der Waals surface area contributed by atoms with Crippen molar-refractivity contribution in [3.05, 3.63) is 18.2 Å². The zero-order valence-electron chi connectivity index (χ0n) is 7.66. The summed E-state index contributed by atoms with van der Waals surface area (Å²) in [6.07, 6.45) is 2.65. The Morgan fingerprint density at radius 2 is 2.29 bits per heavy atom. The van der Waals surface area contributed by atoms with Gasteiger partial charge in [0.25, 0.3) is 0 Å². The van der Waals surface area contributed by atoms with Crippen LogP contribution in [0.25, 0.3) is 11.0 Å². The van der Waals surface area contributed by atoms with Crippen molar-refractivity contribution in [2.75, 3.05) is 5.73 Å². The third-order valence-corrected chi connectivity index (χ3v) is 3.51. The van der Waals surface area contributed by atoms with Crippen molar-refractivity contribution in [3.63, 3.8) is 0 Å².